The van der Waals surface area contributed by atoms with Crippen molar-refractivity contribution in [3.63, 3.8) is 0 Å². The number of hydrogen-bond donors (Lipinski definition) is 3. The Labute approximate surface area is 155 Å². The Morgan fingerprint density at radius 3 is 2.63 bits per heavy atom. The summed E-state index contributed by atoms with van der Waals surface area (Å²) in [4.78, 5) is 19.7. The summed E-state index contributed by atoms with van der Waals surface area (Å²) in [6.45, 7) is 0. The minimum Gasteiger partial charge on any atom is -0.497 e. The van der Waals surface area contributed by atoms with Crippen molar-refractivity contribution in [1.82, 2.24) is 9.97 Å². The van der Waals surface area contributed by atoms with E-state index in [1.807, 2.05) is 0 Å². The molecular weight excluding hydrogens is 348 g/mol. The highest BCUT2D eigenvalue weighted by atomic mass is 16.5. The molecule has 0 amide bonds. The largest absolute Gasteiger partial charge is 0.497 e. The van der Waals surface area contributed by atoms with E-state index in [0.29, 0.717) is 34.6 Å². The summed E-state index contributed by atoms with van der Waals surface area (Å²) in [6.07, 6.45) is 1.59. The molecule has 0 bridgehead atoms. The van der Waals surface area contributed by atoms with E-state index in [2.05, 4.69) is 20.6 Å². The molecule has 3 rings (SSSR count). The Morgan fingerprint density at radius 2 is 1.89 bits per heavy atom. The van der Waals surface area contributed by atoms with Gasteiger partial charge < -0.3 is 25.2 Å². The summed E-state index contributed by atoms with van der Waals surface area (Å²) in [7, 11) is 3.15. The van der Waals surface area contributed by atoms with Crippen LogP contribution in [0.1, 0.15) is 10.4 Å². The molecule has 0 saturated heterocycles. The van der Waals surface area contributed by atoms with E-state index in [0.717, 1.165) is 0 Å². The number of rotatable bonds is 7. The molecule has 0 spiro atoms. The van der Waals surface area contributed by atoms with Crippen molar-refractivity contribution in [3.8, 4) is 11.5 Å². The smallest absolute Gasteiger partial charge is 0.335 e. The molecule has 8 nitrogen and oxygen atoms in total. The molecule has 0 unspecified atom stereocenters. The first-order chi connectivity index (χ1) is 13.1. The van der Waals surface area contributed by atoms with E-state index in [1.165, 1.54) is 12.1 Å². The highest BCUT2D eigenvalue weighted by Gasteiger charge is 2.08. The number of aromatic carboxylic acids is 1. The van der Waals surface area contributed by atoms with Gasteiger partial charge in [0.1, 0.15) is 17.3 Å². The van der Waals surface area contributed by atoms with Crippen molar-refractivity contribution in [2.75, 3.05) is 24.9 Å². The Hall–Kier alpha value is -3.81. The Bertz CT molecular complexity index is 962. The maximum atomic E-state index is 11.1. The van der Waals surface area contributed by atoms with Gasteiger partial charge in [-0.1, -0.05) is 6.07 Å². The summed E-state index contributed by atoms with van der Waals surface area (Å²) in [5.41, 5.74) is 1.49. The van der Waals surface area contributed by atoms with E-state index in [1.54, 1.807) is 56.8 Å². The number of methoxy groups -OCH3 is 2. The Balaban J connectivity index is 1.80. The highest BCUT2D eigenvalue weighted by Crippen LogP contribution is 2.30. The van der Waals surface area contributed by atoms with Gasteiger partial charge in [-0.15, -0.1) is 0 Å². The normalized spacial score (nSPS) is 10.1. The van der Waals surface area contributed by atoms with Crippen LogP contribution < -0.4 is 20.1 Å². The van der Waals surface area contributed by atoms with Crippen molar-refractivity contribution in [2.24, 2.45) is 0 Å². The van der Waals surface area contributed by atoms with Crippen LogP contribution in [0.3, 0.4) is 0 Å². The number of hydrogen-bond acceptors (Lipinski definition) is 7. The lowest BCUT2D eigenvalue weighted by molar-refractivity contribution is 0.0697. The van der Waals surface area contributed by atoms with Crippen LogP contribution in [0.15, 0.2) is 54.7 Å². The summed E-state index contributed by atoms with van der Waals surface area (Å²) < 4.78 is 10.5. The number of carboxylic acid groups (broad SMARTS) is 1. The van der Waals surface area contributed by atoms with Crippen LogP contribution in [0.4, 0.5) is 23.1 Å². The van der Waals surface area contributed by atoms with Crippen LogP contribution in [0, 0.1) is 0 Å². The van der Waals surface area contributed by atoms with E-state index in [4.69, 9.17) is 14.6 Å². The molecule has 0 fully saturated rings. The minimum atomic E-state index is -0.990. The molecule has 0 radical (unpaired) electrons. The van der Waals surface area contributed by atoms with Gasteiger partial charge in [0.15, 0.2) is 0 Å². The zero-order chi connectivity index (χ0) is 19.2. The number of aromatic nitrogens is 2. The molecule has 0 aliphatic rings. The summed E-state index contributed by atoms with van der Waals surface area (Å²) in [5.74, 6) is 1.15. The molecule has 8 heteroatoms. The van der Waals surface area contributed by atoms with Gasteiger partial charge >= 0.3 is 5.97 Å². The lowest BCUT2D eigenvalue weighted by Gasteiger charge is -2.12. The number of benzene rings is 2. The van der Waals surface area contributed by atoms with Crippen LogP contribution in [-0.2, 0) is 0 Å². The van der Waals surface area contributed by atoms with Crippen LogP contribution in [0.5, 0.6) is 11.5 Å². The zero-order valence-corrected chi connectivity index (χ0v) is 14.8. The third-order valence-electron chi connectivity index (χ3n) is 3.69. The van der Waals surface area contributed by atoms with Gasteiger partial charge in [-0.05, 0) is 36.4 Å². The fourth-order valence-electron chi connectivity index (χ4n) is 2.39. The first-order valence-corrected chi connectivity index (χ1v) is 8.01. The van der Waals surface area contributed by atoms with Crippen molar-refractivity contribution in [2.45, 2.75) is 0 Å². The fraction of sp³-hybridized carbons (Fsp3) is 0.105. The lowest BCUT2D eigenvalue weighted by atomic mass is 10.2. The SMILES string of the molecule is COc1ccc(Nc2nccc(Nc3cccc(C(=O)O)c3)n2)c(OC)c1. The third-order valence-corrected chi connectivity index (χ3v) is 3.69. The van der Waals surface area contributed by atoms with Crippen molar-refractivity contribution < 1.29 is 19.4 Å². The zero-order valence-electron chi connectivity index (χ0n) is 14.8. The van der Waals surface area contributed by atoms with Crippen LogP contribution in [-0.4, -0.2) is 35.3 Å². The monoisotopic (exact) mass is 366 g/mol. The second kappa shape index (κ2) is 8.05. The molecule has 2 aromatic carbocycles. The lowest BCUT2D eigenvalue weighted by Crippen LogP contribution is -2.02. The number of anilines is 4. The second-order valence-electron chi connectivity index (χ2n) is 5.47. The molecule has 3 aromatic rings. The molecule has 27 heavy (non-hydrogen) atoms. The number of ether oxygens (including phenoxy) is 2. The molecule has 0 atom stereocenters. The quantitative estimate of drug-likeness (QED) is 0.581. The van der Waals surface area contributed by atoms with Gasteiger partial charge in [-0.3, -0.25) is 0 Å². The van der Waals surface area contributed by atoms with Gasteiger partial charge in [0, 0.05) is 18.0 Å². The molecule has 138 valence electrons. The number of nitrogens with one attached hydrogen (secondary N) is 2. The van der Waals surface area contributed by atoms with Crippen LogP contribution in [0.2, 0.25) is 0 Å². The summed E-state index contributed by atoms with van der Waals surface area (Å²) in [5, 5.41) is 15.2. The van der Waals surface area contributed by atoms with Gasteiger partial charge in [-0.25, -0.2) is 9.78 Å². The number of nitrogens with zero attached hydrogens (tertiary/aromatic N) is 2. The van der Waals surface area contributed by atoms with E-state index >= 15 is 0 Å². The molecule has 0 aliphatic carbocycles. The first-order valence-electron chi connectivity index (χ1n) is 8.01. The summed E-state index contributed by atoms with van der Waals surface area (Å²) >= 11 is 0. The average molecular weight is 366 g/mol. The third kappa shape index (κ3) is 4.43. The van der Waals surface area contributed by atoms with Crippen molar-refractivity contribution in [3.05, 3.63) is 60.3 Å². The standard InChI is InChI=1S/C19H18N4O4/c1-26-14-6-7-15(16(11-14)27-2)22-19-20-9-8-17(23-19)21-13-5-3-4-12(10-13)18(24)25/h3-11H,1-2H3,(H,24,25)(H2,20,21,22,23). The van der Waals surface area contributed by atoms with E-state index < -0.39 is 5.97 Å². The molecule has 1 aromatic heterocycles. The topological polar surface area (TPSA) is 106 Å². The molecule has 0 saturated carbocycles. The van der Waals surface area contributed by atoms with Gasteiger partial charge in [0.25, 0.3) is 0 Å². The minimum absolute atomic E-state index is 0.190. The predicted octanol–water partition coefficient (Wildman–Crippen LogP) is 3.68. The van der Waals surface area contributed by atoms with Crippen molar-refractivity contribution >= 4 is 29.1 Å². The molecule has 1 heterocycles. The van der Waals surface area contributed by atoms with Crippen LogP contribution >= 0.6 is 0 Å². The fourth-order valence-corrected chi connectivity index (χ4v) is 2.39. The number of carboxylic acids is 1. The maximum Gasteiger partial charge on any atom is 0.335 e. The average Bonchev–Trinajstić information content (AvgIpc) is 2.68. The summed E-state index contributed by atoms with van der Waals surface area (Å²) in [6, 6.07) is 13.5. The van der Waals surface area contributed by atoms with Gasteiger partial charge in [0.05, 0.1) is 25.5 Å². The van der Waals surface area contributed by atoms with E-state index in [-0.39, 0.29) is 5.56 Å². The van der Waals surface area contributed by atoms with Gasteiger partial charge in [-0.2, -0.15) is 4.98 Å². The van der Waals surface area contributed by atoms with Crippen molar-refractivity contribution in [1.29, 1.82) is 0 Å². The number of carbonyl (C=O) groups is 1. The van der Waals surface area contributed by atoms with Crippen LogP contribution in [0.25, 0.3) is 0 Å². The second-order valence-corrected chi connectivity index (χ2v) is 5.47. The Morgan fingerprint density at radius 1 is 1.04 bits per heavy atom. The Kier molecular flexibility index (Phi) is 5.36. The van der Waals surface area contributed by atoms with E-state index in [9.17, 15) is 4.79 Å². The van der Waals surface area contributed by atoms with Gasteiger partial charge in [0.2, 0.25) is 5.95 Å². The highest BCUT2D eigenvalue weighted by molar-refractivity contribution is 5.89. The molecule has 3 N–H and O–H groups in total. The molecular formula is C19H18N4O4. The predicted molar refractivity (Wildman–Crippen MR) is 102 cm³/mol. The molecule has 0 aliphatic heterocycles. The first kappa shape index (κ1) is 18.0. The maximum absolute atomic E-state index is 11.1.